The highest BCUT2D eigenvalue weighted by atomic mass is 16.6. The van der Waals surface area contributed by atoms with E-state index in [4.69, 9.17) is 19.3 Å². The zero-order valence-corrected chi connectivity index (χ0v) is 18.5. The molecule has 5 rings (SSSR count). The number of fused-ring (bicyclic) bond motifs is 2. The summed E-state index contributed by atoms with van der Waals surface area (Å²) in [4.78, 5) is 44.1. The lowest BCUT2D eigenvalue weighted by molar-refractivity contribution is -0.121. The minimum absolute atomic E-state index is 0.0986. The third-order valence-corrected chi connectivity index (χ3v) is 6.34. The number of nitrogens with one attached hydrogen (secondary N) is 1. The monoisotopic (exact) mass is 468 g/mol. The normalized spacial score (nSPS) is 23.5. The lowest BCUT2D eigenvalue weighted by atomic mass is 9.88. The maximum absolute atomic E-state index is 12.7. The summed E-state index contributed by atoms with van der Waals surface area (Å²) in [5.41, 5.74) is 0.888. The molecule has 2 N–H and O–H groups in total. The summed E-state index contributed by atoms with van der Waals surface area (Å²) in [6.45, 7) is 0.188. The number of hydrogen-bond acceptors (Lipinski definition) is 7. The van der Waals surface area contributed by atoms with Crippen molar-refractivity contribution in [2.24, 2.45) is 0 Å². The molecule has 11 nitrogen and oxygen atoms in total. The molecule has 1 saturated heterocycles. The maximum atomic E-state index is 12.7. The molecule has 34 heavy (non-hydrogen) atoms. The zero-order valence-electron chi connectivity index (χ0n) is 18.5. The number of carbonyl (C=O) groups excluding carboxylic acids is 2. The summed E-state index contributed by atoms with van der Waals surface area (Å²) >= 11 is 0. The fourth-order valence-corrected chi connectivity index (χ4v) is 4.70. The molecule has 178 valence electrons. The molecular weight excluding hydrogens is 444 g/mol. The number of nitrogens with zero attached hydrogens (tertiary/aromatic N) is 3. The van der Waals surface area contributed by atoms with Gasteiger partial charge < -0.3 is 24.6 Å². The van der Waals surface area contributed by atoms with Crippen molar-refractivity contribution in [2.75, 3.05) is 23.5 Å². The molecule has 1 aliphatic carbocycles. The van der Waals surface area contributed by atoms with Crippen LogP contribution in [0.5, 0.6) is 11.5 Å². The van der Waals surface area contributed by atoms with Gasteiger partial charge in [0.15, 0.2) is 18.2 Å². The standard InChI is InChI=1S/C23H24N4O7/c1-32-15-5-2-13(3-6-15)11-26-20(28)12-33-17-8-9-19(25-21(17)26)27-16-7-4-14(24-22(29)30)10-18(16)34-23(27)31/h2-3,5-6,8-9,14,16,18,24H,4,7,10-12H2,1H3,(H,29,30)/t14-,16-,18-/m1/s1. The Kier molecular flexibility index (Phi) is 5.60. The van der Waals surface area contributed by atoms with Gasteiger partial charge in [-0.15, -0.1) is 0 Å². The molecule has 1 saturated carbocycles. The molecular formula is C23H24N4O7. The quantitative estimate of drug-likeness (QED) is 0.685. The summed E-state index contributed by atoms with van der Waals surface area (Å²) in [5.74, 6) is 1.62. The van der Waals surface area contributed by atoms with E-state index >= 15 is 0 Å². The third-order valence-electron chi connectivity index (χ3n) is 6.34. The lowest BCUT2D eigenvalue weighted by Crippen LogP contribution is -2.47. The van der Waals surface area contributed by atoms with Crippen LogP contribution in [0.25, 0.3) is 0 Å². The van der Waals surface area contributed by atoms with Gasteiger partial charge in [-0.3, -0.25) is 14.6 Å². The number of carboxylic acid groups (broad SMARTS) is 1. The van der Waals surface area contributed by atoms with E-state index < -0.39 is 18.3 Å². The number of rotatable bonds is 5. The van der Waals surface area contributed by atoms with Crippen molar-refractivity contribution in [3.63, 3.8) is 0 Å². The Balaban J connectivity index is 1.40. The molecule has 0 bridgehead atoms. The average Bonchev–Trinajstić information content (AvgIpc) is 3.15. The van der Waals surface area contributed by atoms with Crippen LogP contribution in [0.1, 0.15) is 24.8 Å². The second kappa shape index (κ2) is 8.73. The minimum Gasteiger partial charge on any atom is -0.497 e. The zero-order chi connectivity index (χ0) is 23.8. The molecule has 0 spiro atoms. The molecule has 2 aromatic rings. The van der Waals surface area contributed by atoms with Crippen molar-refractivity contribution in [3.8, 4) is 11.5 Å². The van der Waals surface area contributed by atoms with E-state index in [2.05, 4.69) is 10.3 Å². The van der Waals surface area contributed by atoms with Gasteiger partial charge in [0.25, 0.3) is 5.91 Å². The van der Waals surface area contributed by atoms with Crippen LogP contribution in [0.2, 0.25) is 0 Å². The molecule has 2 aliphatic heterocycles. The fraction of sp³-hybridized carbons (Fsp3) is 0.391. The number of aromatic nitrogens is 1. The SMILES string of the molecule is COc1ccc(CN2C(=O)COc3ccc(N4C(=O)O[C@@H]5C[C@H](NC(=O)O)CC[C@H]54)nc32)cc1. The number of ether oxygens (including phenoxy) is 3. The smallest absolute Gasteiger partial charge is 0.416 e. The molecule has 3 amide bonds. The van der Waals surface area contributed by atoms with E-state index in [1.165, 1.54) is 9.80 Å². The van der Waals surface area contributed by atoms with Crippen LogP contribution in [0.4, 0.5) is 21.2 Å². The van der Waals surface area contributed by atoms with Crippen LogP contribution in [0.15, 0.2) is 36.4 Å². The van der Waals surface area contributed by atoms with Gasteiger partial charge in [-0.05, 0) is 42.7 Å². The molecule has 11 heteroatoms. The van der Waals surface area contributed by atoms with Crippen molar-refractivity contribution in [1.29, 1.82) is 0 Å². The van der Waals surface area contributed by atoms with E-state index in [1.54, 1.807) is 19.2 Å². The Morgan fingerprint density at radius 2 is 2.00 bits per heavy atom. The Morgan fingerprint density at radius 3 is 2.74 bits per heavy atom. The summed E-state index contributed by atoms with van der Waals surface area (Å²) < 4.78 is 16.3. The van der Waals surface area contributed by atoms with Gasteiger partial charge >= 0.3 is 12.2 Å². The first kappa shape index (κ1) is 21.8. The molecule has 0 radical (unpaired) electrons. The largest absolute Gasteiger partial charge is 0.497 e. The molecule has 2 fully saturated rings. The Bertz CT molecular complexity index is 1120. The number of amides is 3. The predicted octanol–water partition coefficient (Wildman–Crippen LogP) is 2.53. The molecule has 3 aliphatic rings. The first-order valence-corrected chi connectivity index (χ1v) is 11.0. The number of methoxy groups -OCH3 is 1. The number of anilines is 2. The number of pyridine rings is 1. The van der Waals surface area contributed by atoms with Crippen molar-refractivity contribution >= 4 is 29.7 Å². The second-order valence-corrected chi connectivity index (χ2v) is 8.43. The maximum Gasteiger partial charge on any atom is 0.416 e. The van der Waals surface area contributed by atoms with Crippen LogP contribution in [-0.4, -0.2) is 60.1 Å². The Hall–Kier alpha value is -4.02. The van der Waals surface area contributed by atoms with Crippen molar-refractivity contribution in [1.82, 2.24) is 10.3 Å². The van der Waals surface area contributed by atoms with Crippen molar-refractivity contribution < 1.29 is 33.7 Å². The van der Waals surface area contributed by atoms with Crippen LogP contribution in [0.3, 0.4) is 0 Å². The highest BCUT2D eigenvalue weighted by molar-refractivity contribution is 5.97. The van der Waals surface area contributed by atoms with Crippen molar-refractivity contribution in [3.05, 3.63) is 42.0 Å². The molecule has 1 aromatic carbocycles. The summed E-state index contributed by atoms with van der Waals surface area (Å²) in [6, 6.07) is 10.2. The van der Waals surface area contributed by atoms with Gasteiger partial charge in [0, 0.05) is 12.5 Å². The highest BCUT2D eigenvalue weighted by Crippen LogP contribution is 2.38. The number of hydrogen-bond donors (Lipinski definition) is 2. The van der Waals surface area contributed by atoms with Gasteiger partial charge in [-0.1, -0.05) is 12.1 Å². The first-order valence-electron chi connectivity index (χ1n) is 11.0. The van der Waals surface area contributed by atoms with Crippen molar-refractivity contribution in [2.45, 2.75) is 44.0 Å². The van der Waals surface area contributed by atoms with Gasteiger partial charge in [-0.2, -0.15) is 0 Å². The minimum atomic E-state index is -1.09. The second-order valence-electron chi connectivity index (χ2n) is 8.43. The van der Waals surface area contributed by atoms with Crippen LogP contribution in [-0.2, 0) is 16.1 Å². The van der Waals surface area contributed by atoms with Crippen LogP contribution in [0, 0.1) is 0 Å². The van der Waals surface area contributed by atoms with Crippen LogP contribution >= 0.6 is 0 Å². The third kappa shape index (κ3) is 4.04. The Morgan fingerprint density at radius 1 is 1.21 bits per heavy atom. The predicted molar refractivity (Wildman–Crippen MR) is 119 cm³/mol. The van der Waals surface area contributed by atoms with Gasteiger partial charge in [0.05, 0.1) is 19.7 Å². The van der Waals surface area contributed by atoms with E-state index in [9.17, 15) is 14.4 Å². The molecule has 1 aromatic heterocycles. The average molecular weight is 468 g/mol. The summed E-state index contributed by atoms with van der Waals surface area (Å²) in [6.07, 6.45) is -0.535. The number of benzene rings is 1. The fourth-order valence-electron chi connectivity index (χ4n) is 4.70. The lowest BCUT2D eigenvalue weighted by Gasteiger charge is -2.33. The van der Waals surface area contributed by atoms with E-state index in [1.807, 2.05) is 24.3 Å². The van der Waals surface area contributed by atoms with Gasteiger partial charge in [0.1, 0.15) is 17.7 Å². The van der Waals surface area contributed by atoms with Gasteiger partial charge in [0.2, 0.25) is 0 Å². The summed E-state index contributed by atoms with van der Waals surface area (Å²) in [7, 11) is 1.59. The molecule has 3 heterocycles. The first-order chi connectivity index (χ1) is 16.4. The topological polar surface area (TPSA) is 131 Å². The summed E-state index contributed by atoms with van der Waals surface area (Å²) in [5, 5.41) is 11.5. The van der Waals surface area contributed by atoms with E-state index in [0.29, 0.717) is 42.4 Å². The van der Waals surface area contributed by atoms with Crippen LogP contribution < -0.4 is 24.6 Å². The number of carbonyl (C=O) groups is 3. The molecule has 0 unspecified atom stereocenters. The highest BCUT2D eigenvalue weighted by Gasteiger charge is 2.47. The molecule has 3 atom stereocenters. The van der Waals surface area contributed by atoms with E-state index in [0.717, 1.165) is 5.56 Å². The van der Waals surface area contributed by atoms with Gasteiger partial charge in [-0.25, -0.2) is 14.6 Å². The van der Waals surface area contributed by atoms with E-state index in [-0.39, 0.29) is 31.1 Å². The Labute approximate surface area is 195 Å².